The fourth-order valence-electron chi connectivity index (χ4n) is 0. The molecule has 0 saturated heterocycles. The van der Waals surface area contributed by atoms with E-state index in [9.17, 15) is 0 Å². The third-order valence-electron chi connectivity index (χ3n) is 0. The Morgan fingerprint density at radius 1 is 1.00 bits per heavy atom. The van der Waals surface area contributed by atoms with Crippen LogP contribution >= 0.6 is 0 Å². The molecule has 34 valence electrons. The molecule has 0 amide bonds. The Morgan fingerprint density at radius 3 is 1.00 bits per heavy atom. The molecule has 0 aliphatic heterocycles. The second kappa shape index (κ2) is 4.63. The SMILES string of the molecule is F.[OH][Sb]([OH])[OH]. The molecule has 0 aromatic carbocycles. The predicted octanol–water partition coefficient (Wildman–Crippen LogP) is -1.90. The average molecular weight is 193 g/mol. The third-order valence-corrected chi connectivity index (χ3v) is 0. The minimum absolute atomic E-state index is 0. The van der Waals surface area contributed by atoms with Gasteiger partial charge in [-0.3, -0.25) is 4.70 Å². The maximum absolute atomic E-state index is 7.35. The molecule has 5 heavy (non-hydrogen) atoms. The van der Waals surface area contributed by atoms with E-state index in [0.717, 1.165) is 0 Å². The van der Waals surface area contributed by atoms with E-state index in [1.54, 1.807) is 0 Å². The van der Waals surface area contributed by atoms with Crippen LogP contribution in [0, 0.1) is 0 Å². The van der Waals surface area contributed by atoms with E-state index in [4.69, 9.17) is 10.2 Å². The molecule has 0 aliphatic carbocycles. The molecule has 5 heteroatoms. The fourth-order valence-corrected chi connectivity index (χ4v) is 0. The summed E-state index contributed by atoms with van der Waals surface area (Å²) >= 11 is -3.45. The van der Waals surface area contributed by atoms with Gasteiger partial charge in [0, 0.05) is 0 Å². The van der Waals surface area contributed by atoms with Gasteiger partial charge < -0.3 is 0 Å². The summed E-state index contributed by atoms with van der Waals surface area (Å²) in [6, 6.07) is 0. The van der Waals surface area contributed by atoms with E-state index in [1.807, 2.05) is 0 Å². The van der Waals surface area contributed by atoms with Crippen molar-refractivity contribution in [3.8, 4) is 0 Å². The van der Waals surface area contributed by atoms with Crippen LogP contribution in [0.2, 0.25) is 0 Å². The van der Waals surface area contributed by atoms with Gasteiger partial charge >= 0.3 is 31.6 Å². The van der Waals surface area contributed by atoms with Crippen molar-refractivity contribution >= 4 is 21.5 Å². The number of hydrogen-bond donors (Lipinski definition) is 3. The monoisotopic (exact) mass is 192 g/mol. The van der Waals surface area contributed by atoms with Gasteiger partial charge in [-0.1, -0.05) is 0 Å². The number of hydrogen-bond acceptors (Lipinski definition) is 3. The Labute approximate surface area is 36.9 Å². The topological polar surface area (TPSA) is 60.7 Å². The molecule has 0 unspecified atom stereocenters. The summed E-state index contributed by atoms with van der Waals surface area (Å²) in [5.41, 5.74) is 0. The van der Waals surface area contributed by atoms with Gasteiger partial charge in [-0.05, 0) is 0 Å². The molecule has 0 saturated carbocycles. The van der Waals surface area contributed by atoms with Crippen LogP contribution in [0.5, 0.6) is 0 Å². The van der Waals surface area contributed by atoms with Gasteiger partial charge in [-0.25, -0.2) is 0 Å². The zero-order valence-corrected chi connectivity index (χ0v) is 4.75. The van der Waals surface area contributed by atoms with Crippen LogP contribution in [-0.2, 0) is 0 Å². The van der Waals surface area contributed by atoms with E-state index in [-0.39, 0.29) is 4.70 Å². The van der Waals surface area contributed by atoms with Crippen LogP contribution < -0.4 is 0 Å². The van der Waals surface area contributed by atoms with Gasteiger partial charge in [0.2, 0.25) is 0 Å². The molecule has 3 nitrogen and oxygen atoms in total. The molecular formula is H4FO3Sb. The Kier molecular flexibility index (Phi) is 8.48. The van der Waals surface area contributed by atoms with Gasteiger partial charge in [0.05, 0.1) is 0 Å². The van der Waals surface area contributed by atoms with Crippen LogP contribution in [0.25, 0.3) is 0 Å². The van der Waals surface area contributed by atoms with Crippen molar-refractivity contribution in [1.29, 1.82) is 0 Å². The van der Waals surface area contributed by atoms with Crippen LogP contribution in [0.4, 0.5) is 4.70 Å². The first-order valence-corrected chi connectivity index (χ1v) is 4.02. The summed E-state index contributed by atoms with van der Waals surface area (Å²) in [5, 5.41) is 0. The summed E-state index contributed by atoms with van der Waals surface area (Å²) in [6.07, 6.45) is 0. The van der Waals surface area contributed by atoms with E-state index in [1.165, 1.54) is 0 Å². The first-order valence-electron chi connectivity index (χ1n) is 0.600. The van der Waals surface area contributed by atoms with Crippen molar-refractivity contribution in [2.45, 2.75) is 0 Å². The third kappa shape index (κ3) is 81.0. The maximum atomic E-state index is 7.35. The Hall–Kier alpha value is 0.628. The Bertz CT molecular complexity index is 11.6. The predicted molar refractivity (Wildman–Crippen MR) is 14.9 cm³/mol. The molecule has 3 N–H and O–H groups in total. The number of rotatable bonds is 0. The Morgan fingerprint density at radius 2 is 1.00 bits per heavy atom. The molecule has 0 aromatic rings. The summed E-state index contributed by atoms with van der Waals surface area (Å²) < 4.78 is 22.0. The first-order chi connectivity index (χ1) is 1.73. The minimum atomic E-state index is -3.45. The van der Waals surface area contributed by atoms with Crippen molar-refractivity contribution in [3.05, 3.63) is 0 Å². The number of halogens is 1. The van der Waals surface area contributed by atoms with Crippen molar-refractivity contribution in [2.75, 3.05) is 0 Å². The van der Waals surface area contributed by atoms with Crippen molar-refractivity contribution in [1.82, 2.24) is 0 Å². The molecule has 0 fully saturated rings. The van der Waals surface area contributed by atoms with E-state index in [2.05, 4.69) is 0 Å². The molecule has 0 spiro atoms. The molecule has 0 aliphatic rings. The normalized spacial score (nSPS) is 7.20. The molecule has 0 rings (SSSR count). The second-order valence-electron chi connectivity index (χ2n) is 0.268. The van der Waals surface area contributed by atoms with E-state index < -0.39 is 21.5 Å². The standard InChI is InChI=1S/FH.3H2O.Sb/h1H;3*1H2;/q;;;;+3/p-3. The molecule has 0 radical (unpaired) electrons. The van der Waals surface area contributed by atoms with Crippen molar-refractivity contribution < 1.29 is 14.9 Å². The zero-order chi connectivity index (χ0) is 3.58. The van der Waals surface area contributed by atoms with Crippen LogP contribution in [0.1, 0.15) is 0 Å². The summed E-state index contributed by atoms with van der Waals surface area (Å²) in [7, 11) is 0. The molecular weight excluding hydrogens is 189 g/mol. The zero-order valence-electron chi connectivity index (χ0n) is 2.20. The fraction of sp³-hybridized carbons (Fsp3) is 0. The van der Waals surface area contributed by atoms with Crippen LogP contribution in [0.15, 0.2) is 0 Å². The molecule has 0 bridgehead atoms. The van der Waals surface area contributed by atoms with Gasteiger partial charge in [0.25, 0.3) is 0 Å². The van der Waals surface area contributed by atoms with Gasteiger partial charge in [0.1, 0.15) is 0 Å². The molecule has 0 heterocycles. The summed E-state index contributed by atoms with van der Waals surface area (Å²) in [4.78, 5) is 0. The summed E-state index contributed by atoms with van der Waals surface area (Å²) in [6.45, 7) is 0. The van der Waals surface area contributed by atoms with Crippen LogP contribution in [-0.4, -0.2) is 31.6 Å². The molecule has 0 atom stereocenters. The van der Waals surface area contributed by atoms with E-state index >= 15 is 0 Å². The van der Waals surface area contributed by atoms with Crippen LogP contribution in [0.3, 0.4) is 0 Å². The van der Waals surface area contributed by atoms with Gasteiger partial charge in [0.15, 0.2) is 0 Å². The van der Waals surface area contributed by atoms with Crippen molar-refractivity contribution in [2.24, 2.45) is 0 Å². The van der Waals surface area contributed by atoms with Gasteiger partial charge in [-0.15, -0.1) is 0 Å². The molecule has 0 aromatic heterocycles. The second-order valence-corrected chi connectivity index (χ2v) is 1.80. The summed E-state index contributed by atoms with van der Waals surface area (Å²) in [5.74, 6) is 0. The average Bonchev–Trinajstić information content (AvgIpc) is 0.811. The van der Waals surface area contributed by atoms with Gasteiger partial charge in [-0.2, -0.15) is 0 Å². The van der Waals surface area contributed by atoms with E-state index in [0.29, 0.717) is 0 Å². The Balaban J connectivity index is 0. The first kappa shape index (κ1) is 9.16. The quantitative estimate of drug-likeness (QED) is 0.393. The van der Waals surface area contributed by atoms with Crippen molar-refractivity contribution in [3.63, 3.8) is 0 Å².